The maximum absolute atomic E-state index is 12.4. The largest absolute Gasteiger partial charge is 0.395 e. The molecular formula is C14H10N2O5. The molecule has 106 valence electrons. The first-order chi connectivity index (χ1) is 10.1. The van der Waals surface area contributed by atoms with Crippen LogP contribution in [0.3, 0.4) is 0 Å². The molecular weight excluding hydrogens is 276 g/mol. The molecule has 1 N–H and O–H groups in total. The molecule has 21 heavy (non-hydrogen) atoms. The Kier molecular flexibility index (Phi) is 2.91. The zero-order valence-electron chi connectivity index (χ0n) is 10.8. The molecule has 2 amide bonds. The molecule has 0 saturated heterocycles. The third kappa shape index (κ3) is 1.78. The van der Waals surface area contributed by atoms with Crippen LogP contribution < -0.4 is 0 Å². The van der Waals surface area contributed by atoms with Crippen molar-refractivity contribution < 1.29 is 19.6 Å². The van der Waals surface area contributed by atoms with Crippen LogP contribution >= 0.6 is 0 Å². The molecule has 1 aliphatic rings. The van der Waals surface area contributed by atoms with E-state index in [0.29, 0.717) is 10.8 Å². The van der Waals surface area contributed by atoms with Crippen molar-refractivity contribution in [2.75, 3.05) is 13.2 Å². The van der Waals surface area contributed by atoms with E-state index in [2.05, 4.69) is 0 Å². The van der Waals surface area contributed by atoms with Gasteiger partial charge in [-0.1, -0.05) is 12.1 Å². The molecule has 0 spiro atoms. The molecule has 0 aliphatic carbocycles. The number of carbonyl (C=O) groups excluding carboxylic acids is 2. The van der Waals surface area contributed by atoms with Gasteiger partial charge in [-0.05, 0) is 17.5 Å². The monoisotopic (exact) mass is 286 g/mol. The number of nitro groups is 1. The fraction of sp³-hybridized carbons (Fsp3) is 0.143. The fourth-order valence-corrected chi connectivity index (χ4v) is 2.59. The molecule has 0 atom stereocenters. The summed E-state index contributed by atoms with van der Waals surface area (Å²) in [6.45, 7) is -0.594. The summed E-state index contributed by atoms with van der Waals surface area (Å²) in [6, 6.07) is 7.64. The number of hydrogen-bond acceptors (Lipinski definition) is 5. The smallest absolute Gasteiger partial charge is 0.282 e. The molecule has 2 aromatic carbocycles. The molecule has 0 saturated carbocycles. The van der Waals surface area contributed by atoms with E-state index in [4.69, 9.17) is 5.11 Å². The Bertz CT molecular complexity index is 799. The molecule has 7 heteroatoms. The van der Waals surface area contributed by atoms with Gasteiger partial charge < -0.3 is 5.11 Å². The minimum absolute atomic E-state index is 0.0962. The van der Waals surface area contributed by atoms with Crippen molar-refractivity contribution >= 4 is 28.3 Å². The molecule has 0 radical (unpaired) electrons. The van der Waals surface area contributed by atoms with E-state index in [0.717, 1.165) is 4.90 Å². The molecule has 1 heterocycles. The predicted octanol–water partition coefficient (Wildman–Crippen LogP) is 1.34. The van der Waals surface area contributed by atoms with Gasteiger partial charge in [0.1, 0.15) is 5.56 Å². The molecule has 0 fully saturated rings. The molecule has 3 rings (SSSR count). The second-order valence-electron chi connectivity index (χ2n) is 4.61. The number of nitro benzene ring substituents is 1. The quantitative estimate of drug-likeness (QED) is 0.521. The normalized spacial score (nSPS) is 13.9. The second kappa shape index (κ2) is 4.64. The predicted molar refractivity (Wildman–Crippen MR) is 73.1 cm³/mol. The highest BCUT2D eigenvalue weighted by atomic mass is 16.6. The van der Waals surface area contributed by atoms with Crippen molar-refractivity contribution in [3.63, 3.8) is 0 Å². The third-order valence-corrected chi connectivity index (χ3v) is 3.48. The Hall–Kier alpha value is -2.80. The number of rotatable bonds is 3. The zero-order valence-corrected chi connectivity index (χ0v) is 10.8. The van der Waals surface area contributed by atoms with Crippen LogP contribution in [0.2, 0.25) is 0 Å². The molecule has 0 unspecified atom stereocenters. The van der Waals surface area contributed by atoms with Crippen molar-refractivity contribution in [1.82, 2.24) is 4.90 Å². The Labute approximate surface area is 118 Å². The molecule has 0 aromatic heterocycles. The molecule has 2 aromatic rings. The van der Waals surface area contributed by atoms with E-state index in [1.807, 2.05) is 0 Å². The lowest BCUT2D eigenvalue weighted by Gasteiger charge is -2.26. The first-order valence-corrected chi connectivity index (χ1v) is 6.23. The lowest BCUT2D eigenvalue weighted by molar-refractivity contribution is -0.385. The number of amides is 2. The van der Waals surface area contributed by atoms with Crippen molar-refractivity contribution in [2.45, 2.75) is 0 Å². The van der Waals surface area contributed by atoms with E-state index in [1.165, 1.54) is 18.2 Å². The molecule has 0 bridgehead atoms. The van der Waals surface area contributed by atoms with E-state index in [1.54, 1.807) is 12.1 Å². The summed E-state index contributed by atoms with van der Waals surface area (Å²) < 4.78 is 0. The van der Waals surface area contributed by atoms with E-state index in [9.17, 15) is 19.7 Å². The van der Waals surface area contributed by atoms with Crippen LogP contribution in [0.15, 0.2) is 30.3 Å². The number of nitrogens with zero attached hydrogens (tertiary/aromatic N) is 2. The summed E-state index contributed by atoms with van der Waals surface area (Å²) in [5, 5.41) is 21.0. The Morgan fingerprint density at radius 2 is 1.90 bits per heavy atom. The number of carbonyl (C=O) groups is 2. The van der Waals surface area contributed by atoms with Gasteiger partial charge in [-0.2, -0.15) is 0 Å². The summed E-state index contributed by atoms with van der Waals surface area (Å²) in [4.78, 5) is 36.1. The fourth-order valence-electron chi connectivity index (χ4n) is 2.59. The summed E-state index contributed by atoms with van der Waals surface area (Å²) in [5.74, 6) is -1.29. The number of imide groups is 1. The lowest BCUT2D eigenvalue weighted by Crippen LogP contribution is -2.42. The summed E-state index contributed by atoms with van der Waals surface area (Å²) in [6.07, 6.45) is 0. The minimum atomic E-state index is -0.745. The van der Waals surface area contributed by atoms with Crippen molar-refractivity contribution in [3.05, 3.63) is 51.6 Å². The first kappa shape index (κ1) is 13.2. The van der Waals surface area contributed by atoms with E-state index >= 15 is 0 Å². The van der Waals surface area contributed by atoms with Gasteiger partial charge in [-0.25, -0.2) is 0 Å². The highest BCUT2D eigenvalue weighted by molar-refractivity contribution is 6.27. The number of aliphatic hydroxyl groups excluding tert-OH is 1. The summed E-state index contributed by atoms with van der Waals surface area (Å²) in [7, 11) is 0. The highest BCUT2D eigenvalue weighted by Gasteiger charge is 2.37. The second-order valence-corrected chi connectivity index (χ2v) is 4.61. The molecule has 1 aliphatic heterocycles. The van der Waals surface area contributed by atoms with Gasteiger partial charge in [0.25, 0.3) is 17.5 Å². The van der Waals surface area contributed by atoms with Crippen molar-refractivity contribution in [2.24, 2.45) is 0 Å². The Morgan fingerprint density at radius 1 is 1.14 bits per heavy atom. The van der Waals surface area contributed by atoms with Gasteiger partial charge in [-0.15, -0.1) is 0 Å². The Morgan fingerprint density at radius 3 is 2.57 bits per heavy atom. The average molecular weight is 286 g/mol. The maximum atomic E-state index is 12.4. The van der Waals surface area contributed by atoms with E-state index < -0.39 is 23.3 Å². The molecule has 7 nitrogen and oxygen atoms in total. The SMILES string of the molecule is O=C1c2cccc3ccc([N+](=O)[O-])c(c23)C(=O)N1CCO. The van der Waals surface area contributed by atoms with Crippen LogP contribution in [-0.4, -0.2) is 39.9 Å². The van der Waals surface area contributed by atoms with Crippen LogP contribution in [0.1, 0.15) is 20.7 Å². The third-order valence-electron chi connectivity index (χ3n) is 3.48. The number of hydrogen-bond donors (Lipinski definition) is 1. The van der Waals surface area contributed by atoms with Gasteiger partial charge in [0.05, 0.1) is 18.1 Å². The van der Waals surface area contributed by atoms with Crippen molar-refractivity contribution in [1.29, 1.82) is 0 Å². The number of benzene rings is 2. The summed E-state index contributed by atoms with van der Waals surface area (Å²) >= 11 is 0. The van der Waals surface area contributed by atoms with Gasteiger partial charge in [-0.3, -0.25) is 24.6 Å². The van der Waals surface area contributed by atoms with Crippen LogP contribution in [0.5, 0.6) is 0 Å². The highest BCUT2D eigenvalue weighted by Crippen LogP contribution is 2.35. The maximum Gasteiger partial charge on any atom is 0.282 e. The van der Waals surface area contributed by atoms with Gasteiger partial charge in [0, 0.05) is 17.0 Å². The van der Waals surface area contributed by atoms with Gasteiger partial charge >= 0.3 is 0 Å². The topological polar surface area (TPSA) is 101 Å². The lowest BCUT2D eigenvalue weighted by atomic mass is 9.93. The van der Waals surface area contributed by atoms with Crippen LogP contribution in [0.4, 0.5) is 5.69 Å². The van der Waals surface area contributed by atoms with Gasteiger partial charge in [0.2, 0.25) is 0 Å². The zero-order chi connectivity index (χ0) is 15.1. The van der Waals surface area contributed by atoms with Crippen LogP contribution in [0, 0.1) is 10.1 Å². The Balaban J connectivity index is 2.41. The number of aliphatic hydroxyl groups is 1. The first-order valence-electron chi connectivity index (χ1n) is 6.23. The minimum Gasteiger partial charge on any atom is -0.395 e. The number of β-amino-alcohol motifs (C(OH)–C–C–N with tert-alkyl or cyclic N) is 1. The average Bonchev–Trinajstić information content (AvgIpc) is 2.48. The standard InChI is InChI=1S/C14H10N2O5/c17-7-6-15-13(18)9-3-1-2-8-4-5-10(16(20)21)12(11(8)9)14(15)19/h1-5,17H,6-7H2. The van der Waals surface area contributed by atoms with Crippen LogP contribution in [0.25, 0.3) is 10.8 Å². The summed E-state index contributed by atoms with van der Waals surface area (Å²) in [5.41, 5.74) is -0.198. The van der Waals surface area contributed by atoms with Gasteiger partial charge in [0.15, 0.2) is 0 Å². The van der Waals surface area contributed by atoms with Crippen molar-refractivity contribution in [3.8, 4) is 0 Å². The van der Waals surface area contributed by atoms with E-state index in [-0.39, 0.29) is 23.4 Å². The van der Waals surface area contributed by atoms with Crippen LogP contribution in [-0.2, 0) is 0 Å².